The molecule has 62 valence electrons. The van der Waals surface area contributed by atoms with Crippen molar-refractivity contribution < 1.29 is 5.21 Å². The first-order valence-corrected chi connectivity index (χ1v) is 4.23. The van der Waals surface area contributed by atoms with Crippen LogP contribution in [0.4, 0.5) is 0 Å². The predicted octanol–water partition coefficient (Wildman–Crippen LogP) is 1.07. The number of oxime groups is 1. The summed E-state index contributed by atoms with van der Waals surface area (Å²) in [5.74, 6) is 0. The van der Waals surface area contributed by atoms with E-state index in [-0.39, 0.29) is 0 Å². The SMILES string of the molecule is CN1[C@@H]2CC[C@H]1CC(=NO)C2. The molecule has 0 spiro atoms. The molecular formula is C8H14N2O. The number of fused-ring (bicyclic) bond motifs is 2. The van der Waals surface area contributed by atoms with Gasteiger partial charge in [0.2, 0.25) is 0 Å². The highest BCUT2D eigenvalue weighted by atomic mass is 16.4. The maximum atomic E-state index is 8.61. The smallest absolute Gasteiger partial charge is 0.0601 e. The Labute approximate surface area is 66.7 Å². The van der Waals surface area contributed by atoms with E-state index in [0.29, 0.717) is 12.1 Å². The molecular weight excluding hydrogens is 140 g/mol. The van der Waals surface area contributed by atoms with Gasteiger partial charge >= 0.3 is 0 Å². The van der Waals surface area contributed by atoms with E-state index >= 15 is 0 Å². The molecule has 1 N–H and O–H groups in total. The quantitative estimate of drug-likeness (QED) is 0.418. The van der Waals surface area contributed by atoms with E-state index in [1.165, 1.54) is 12.8 Å². The fraction of sp³-hybridized carbons (Fsp3) is 0.875. The molecule has 2 rings (SSSR count). The molecule has 0 unspecified atom stereocenters. The molecule has 2 saturated heterocycles. The largest absolute Gasteiger partial charge is 0.411 e. The van der Waals surface area contributed by atoms with Crippen LogP contribution < -0.4 is 0 Å². The van der Waals surface area contributed by atoms with Crippen molar-refractivity contribution in [2.24, 2.45) is 5.16 Å². The number of rotatable bonds is 0. The van der Waals surface area contributed by atoms with Crippen LogP contribution in [0.25, 0.3) is 0 Å². The minimum Gasteiger partial charge on any atom is -0.411 e. The molecule has 0 saturated carbocycles. The summed E-state index contributed by atoms with van der Waals surface area (Å²) in [6.45, 7) is 0. The first-order valence-electron chi connectivity index (χ1n) is 4.23. The average molecular weight is 154 g/mol. The molecule has 2 heterocycles. The molecule has 3 heteroatoms. The van der Waals surface area contributed by atoms with E-state index in [1.54, 1.807) is 0 Å². The minimum absolute atomic E-state index is 0.652. The summed E-state index contributed by atoms with van der Waals surface area (Å²) in [5, 5.41) is 11.9. The number of piperidine rings is 1. The van der Waals surface area contributed by atoms with E-state index in [9.17, 15) is 0 Å². The second-order valence-corrected chi connectivity index (χ2v) is 3.62. The van der Waals surface area contributed by atoms with E-state index in [4.69, 9.17) is 5.21 Å². The van der Waals surface area contributed by atoms with Crippen LogP contribution in [-0.4, -0.2) is 35.0 Å². The van der Waals surface area contributed by atoms with Gasteiger partial charge in [0.15, 0.2) is 0 Å². The van der Waals surface area contributed by atoms with Crippen molar-refractivity contribution in [3.8, 4) is 0 Å². The topological polar surface area (TPSA) is 35.8 Å². The third-order valence-electron chi connectivity index (χ3n) is 3.07. The Morgan fingerprint density at radius 3 is 2.36 bits per heavy atom. The molecule has 0 aromatic carbocycles. The van der Waals surface area contributed by atoms with Crippen molar-refractivity contribution in [1.29, 1.82) is 0 Å². The molecule has 11 heavy (non-hydrogen) atoms. The molecule has 0 radical (unpaired) electrons. The Kier molecular flexibility index (Phi) is 1.60. The van der Waals surface area contributed by atoms with Crippen molar-refractivity contribution >= 4 is 5.71 Å². The summed E-state index contributed by atoms with van der Waals surface area (Å²) in [5.41, 5.74) is 0.996. The lowest BCUT2D eigenvalue weighted by Crippen LogP contribution is -2.40. The second kappa shape index (κ2) is 2.48. The Morgan fingerprint density at radius 2 is 1.91 bits per heavy atom. The minimum atomic E-state index is 0.652. The number of hydrogen-bond acceptors (Lipinski definition) is 3. The maximum Gasteiger partial charge on any atom is 0.0601 e. The van der Waals surface area contributed by atoms with Gasteiger partial charge in [-0.2, -0.15) is 0 Å². The van der Waals surface area contributed by atoms with E-state index < -0.39 is 0 Å². The van der Waals surface area contributed by atoms with Gasteiger partial charge in [-0.3, -0.25) is 4.90 Å². The van der Waals surface area contributed by atoms with Crippen molar-refractivity contribution in [2.75, 3.05) is 7.05 Å². The van der Waals surface area contributed by atoms with Crippen LogP contribution in [-0.2, 0) is 0 Å². The van der Waals surface area contributed by atoms with Crippen molar-refractivity contribution in [3.05, 3.63) is 0 Å². The standard InChI is InChI=1S/C8H14N2O/c1-10-7-2-3-8(10)5-6(4-7)9-11/h7-8,11H,2-5H2,1H3/t7-,8+. The van der Waals surface area contributed by atoms with E-state index in [0.717, 1.165) is 18.6 Å². The lowest BCUT2D eigenvalue weighted by molar-refractivity contribution is 0.223. The normalized spacial score (nSPS) is 41.7. The highest BCUT2D eigenvalue weighted by Crippen LogP contribution is 2.32. The van der Waals surface area contributed by atoms with Crippen molar-refractivity contribution in [2.45, 2.75) is 37.8 Å². The molecule has 2 fully saturated rings. The van der Waals surface area contributed by atoms with Gasteiger partial charge < -0.3 is 5.21 Å². The molecule has 0 aliphatic carbocycles. The number of nitrogens with zero attached hydrogens (tertiary/aromatic N) is 2. The van der Waals surface area contributed by atoms with Gasteiger partial charge in [0.25, 0.3) is 0 Å². The van der Waals surface area contributed by atoms with Gasteiger partial charge in [0.1, 0.15) is 0 Å². The summed E-state index contributed by atoms with van der Waals surface area (Å²) < 4.78 is 0. The van der Waals surface area contributed by atoms with Gasteiger partial charge in [-0.1, -0.05) is 5.16 Å². The first-order chi connectivity index (χ1) is 5.31. The molecule has 2 bridgehead atoms. The Hall–Kier alpha value is -0.570. The molecule has 2 aliphatic rings. The van der Waals surface area contributed by atoms with Crippen LogP contribution in [0.3, 0.4) is 0 Å². The van der Waals surface area contributed by atoms with E-state index in [2.05, 4.69) is 17.1 Å². The lowest BCUT2D eigenvalue weighted by Gasteiger charge is -2.31. The average Bonchev–Trinajstić information content (AvgIpc) is 2.26. The van der Waals surface area contributed by atoms with Crippen LogP contribution in [0, 0.1) is 0 Å². The van der Waals surface area contributed by atoms with E-state index in [1.807, 2.05) is 0 Å². The summed E-state index contributed by atoms with van der Waals surface area (Å²) in [7, 11) is 2.18. The first kappa shape index (κ1) is 7.10. The maximum absolute atomic E-state index is 8.61. The highest BCUT2D eigenvalue weighted by Gasteiger charge is 2.36. The van der Waals surface area contributed by atoms with Crippen LogP contribution in [0.1, 0.15) is 25.7 Å². The Balaban J connectivity index is 2.14. The summed E-state index contributed by atoms with van der Waals surface area (Å²) in [6.07, 6.45) is 4.51. The monoisotopic (exact) mass is 154 g/mol. The third kappa shape index (κ3) is 1.03. The molecule has 0 aromatic rings. The molecule has 2 aliphatic heterocycles. The van der Waals surface area contributed by atoms with Crippen LogP contribution >= 0.6 is 0 Å². The molecule has 0 amide bonds. The fourth-order valence-corrected chi connectivity index (χ4v) is 2.29. The van der Waals surface area contributed by atoms with Crippen LogP contribution in [0.5, 0.6) is 0 Å². The fourth-order valence-electron chi connectivity index (χ4n) is 2.29. The Bertz CT molecular complexity index is 175. The Morgan fingerprint density at radius 1 is 1.36 bits per heavy atom. The molecule has 0 aromatic heterocycles. The van der Waals surface area contributed by atoms with Crippen molar-refractivity contribution in [3.63, 3.8) is 0 Å². The zero-order valence-corrected chi connectivity index (χ0v) is 6.82. The summed E-state index contributed by atoms with van der Waals surface area (Å²) in [4.78, 5) is 2.43. The zero-order valence-electron chi connectivity index (χ0n) is 6.82. The summed E-state index contributed by atoms with van der Waals surface area (Å²) >= 11 is 0. The summed E-state index contributed by atoms with van der Waals surface area (Å²) in [6, 6.07) is 1.30. The second-order valence-electron chi connectivity index (χ2n) is 3.62. The van der Waals surface area contributed by atoms with Gasteiger partial charge in [0.05, 0.1) is 5.71 Å². The zero-order chi connectivity index (χ0) is 7.84. The van der Waals surface area contributed by atoms with Crippen molar-refractivity contribution in [1.82, 2.24) is 4.90 Å². The van der Waals surface area contributed by atoms with Gasteiger partial charge in [-0.15, -0.1) is 0 Å². The van der Waals surface area contributed by atoms with Gasteiger partial charge in [-0.05, 0) is 19.9 Å². The highest BCUT2D eigenvalue weighted by molar-refractivity contribution is 5.86. The van der Waals surface area contributed by atoms with Gasteiger partial charge in [0, 0.05) is 24.9 Å². The third-order valence-corrected chi connectivity index (χ3v) is 3.07. The molecule has 2 atom stereocenters. The van der Waals surface area contributed by atoms with Crippen LogP contribution in [0.15, 0.2) is 5.16 Å². The molecule has 3 nitrogen and oxygen atoms in total. The van der Waals surface area contributed by atoms with Crippen LogP contribution in [0.2, 0.25) is 0 Å². The number of hydrogen-bond donors (Lipinski definition) is 1. The lowest BCUT2D eigenvalue weighted by atomic mass is 10.0. The predicted molar refractivity (Wildman–Crippen MR) is 43.0 cm³/mol. The van der Waals surface area contributed by atoms with Gasteiger partial charge in [-0.25, -0.2) is 0 Å².